The minimum Gasteiger partial charge on any atom is -0.497 e. The molecule has 1 unspecified atom stereocenters. The summed E-state index contributed by atoms with van der Waals surface area (Å²) in [6.45, 7) is -0.185. The third-order valence-electron chi connectivity index (χ3n) is 4.28. The van der Waals surface area contributed by atoms with Gasteiger partial charge in [-0.1, -0.05) is 24.3 Å². The van der Waals surface area contributed by atoms with Crippen molar-refractivity contribution in [2.45, 2.75) is 12.5 Å². The van der Waals surface area contributed by atoms with Crippen molar-refractivity contribution in [2.75, 3.05) is 27.4 Å². The minimum atomic E-state index is -1.18. The lowest BCUT2D eigenvalue weighted by atomic mass is 10.1. The second-order valence-electron chi connectivity index (χ2n) is 6.74. The molecule has 0 spiro atoms. The van der Waals surface area contributed by atoms with E-state index in [-0.39, 0.29) is 18.9 Å². The number of hydrogen-bond donors (Lipinski definition) is 3. The Morgan fingerprint density at radius 1 is 0.970 bits per heavy atom. The lowest BCUT2D eigenvalue weighted by Gasteiger charge is -2.10. The van der Waals surface area contributed by atoms with Crippen molar-refractivity contribution in [3.63, 3.8) is 0 Å². The van der Waals surface area contributed by atoms with Crippen LogP contribution in [0, 0.1) is 0 Å². The molecule has 0 saturated carbocycles. The molecule has 33 heavy (non-hydrogen) atoms. The number of rotatable bonds is 11. The van der Waals surface area contributed by atoms with Crippen LogP contribution in [0.2, 0.25) is 0 Å². The fourth-order valence-corrected chi connectivity index (χ4v) is 2.61. The number of nitrogens with one attached hydrogen (secondary N) is 1. The first kappa shape index (κ1) is 25.2. The van der Waals surface area contributed by atoms with Gasteiger partial charge in [0.25, 0.3) is 0 Å². The van der Waals surface area contributed by atoms with Crippen LogP contribution < -0.4 is 25.3 Å². The van der Waals surface area contributed by atoms with Gasteiger partial charge >= 0.3 is 12.1 Å². The summed E-state index contributed by atoms with van der Waals surface area (Å²) in [5.41, 5.74) is 7.18. The zero-order valence-electron chi connectivity index (χ0n) is 18.3. The largest absolute Gasteiger partial charge is 0.513 e. The number of carbonyl (C=O) groups excluding carboxylic acids is 2. The average Bonchev–Trinajstić information content (AvgIpc) is 2.80. The van der Waals surface area contributed by atoms with E-state index in [0.29, 0.717) is 11.5 Å². The predicted molar refractivity (Wildman–Crippen MR) is 120 cm³/mol. The molecular weight excluding hydrogens is 432 g/mol. The Kier molecular flexibility index (Phi) is 9.72. The van der Waals surface area contributed by atoms with Crippen LogP contribution in [0.4, 0.5) is 4.79 Å². The Balaban J connectivity index is 1.80. The molecule has 176 valence electrons. The predicted octanol–water partition coefficient (Wildman–Crippen LogP) is 2.31. The third-order valence-corrected chi connectivity index (χ3v) is 4.28. The molecule has 1 amide bonds. The summed E-state index contributed by atoms with van der Waals surface area (Å²) in [4.78, 5) is 33.8. The van der Waals surface area contributed by atoms with E-state index in [1.807, 2.05) is 24.3 Å². The lowest BCUT2D eigenvalue weighted by Crippen LogP contribution is -2.43. The maximum absolute atomic E-state index is 11.8. The van der Waals surface area contributed by atoms with E-state index in [2.05, 4.69) is 5.32 Å². The quantitative estimate of drug-likeness (QED) is 0.200. The second kappa shape index (κ2) is 12.7. The number of ether oxygens (including phenoxy) is 4. The maximum Gasteiger partial charge on any atom is 0.513 e. The highest BCUT2D eigenvalue weighted by Gasteiger charge is 2.16. The Morgan fingerprint density at radius 3 is 2.15 bits per heavy atom. The molecule has 4 N–H and O–H groups in total. The normalized spacial score (nSPS) is 11.5. The van der Waals surface area contributed by atoms with Crippen LogP contribution >= 0.6 is 0 Å². The molecule has 2 aromatic rings. The molecule has 0 bridgehead atoms. The van der Waals surface area contributed by atoms with Crippen molar-refractivity contribution in [3.05, 3.63) is 53.6 Å². The summed E-state index contributed by atoms with van der Waals surface area (Å²) in [6, 6.07) is 11.1. The first-order valence-electron chi connectivity index (χ1n) is 9.91. The van der Waals surface area contributed by atoms with E-state index in [1.165, 1.54) is 0 Å². The molecule has 0 fully saturated rings. The highest BCUT2D eigenvalue weighted by Crippen LogP contribution is 2.24. The van der Waals surface area contributed by atoms with Crippen molar-refractivity contribution in [1.82, 2.24) is 5.32 Å². The number of methoxy groups -OCH3 is 2. The van der Waals surface area contributed by atoms with Crippen LogP contribution in [0.15, 0.2) is 42.5 Å². The molecule has 10 nitrogen and oxygen atoms in total. The third kappa shape index (κ3) is 8.91. The molecule has 2 aromatic carbocycles. The lowest BCUT2D eigenvalue weighted by molar-refractivity contribution is -0.139. The van der Waals surface area contributed by atoms with Crippen molar-refractivity contribution in [2.24, 2.45) is 5.73 Å². The standard InChI is InChI=1S/C23H26N2O8/c1-30-18-11-16(12-19(13-18)31-2)4-3-15-5-7-17(8-6-15)33-23(29)32-10-9-25-22(28)20(24)14-21(26)27/h3-8,11-13,20H,9-10,14,24H2,1-2H3,(H,25,28)(H,26,27). The fraction of sp³-hybridized carbons (Fsp3) is 0.261. The van der Waals surface area contributed by atoms with E-state index in [0.717, 1.165) is 11.1 Å². The number of carboxylic acid groups (broad SMARTS) is 1. The Labute approximate surface area is 190 Å². The second-order valence-corrected chi connectivity index (χ2v) is 6.74. The van der Waals surface area contributed by atoms with Crippen molar-refractivity contribution < 1.29 is 38.4 Å². The number of hydrogen-bond acceptors (Lipinski definition) is 8. The molecule has 0 aromatic heterocycles. The van der Waals surface area contributed by atoms with Gasteiger partial charge in [-0.2, -0.15) is 0 Å². The fourth-order valence-electron chi connectivity index (χ4n) is 2.61. The van der Waals surface area contributed by atoms with E-state index < -0.39 is 30.5 Å². The monoisotopic (exact) mass is 458 g/mol. The molecular formula is C23H26N2O8. The van der Waals surface area contributed by atoms with Gasteiger partial charge in [0.1, 0.15) is 23.9 Å². The summed E-state index contributed by atoms with van der Waals surface area (Å²) in [7, 11) is 3.17. The van der Waals surface area contributed by atoms with Crippen LogP contribution in [0.5, 0.6) is 17.2 Å². The molecule has 10 heteroatoms. The maximum atomic E-state index is 11.8. The smallest absolute Gasteiger partial charge is 0.497 e. The van der Waals surface area contributed by atoms with Crippen LogP contribution in [0.3, 0.4) is 0 Å². The number of carbonyl (C=O) groups is 3. The van der Waals surface area contributed by atoms with Gasteiger partial charge in [-0.25, -0.2) is 4.79 Å². The van der Waals surface area contributed by atoms with Crippen LogP contribution in [0.1, 0.15) is 17.5 Å². The zero-order valence-corrected chi connectivity index (χ0v) is 18.3. The summed E-state index contributed by atoms with van der Waals surface area (Å²) < 4.78 is 20.4. The number of benzene rings is 2. The summed E-state index contributed by atoms with van der Waals surface area (Å²) >= 11 is 0. The van der Waals surface area contributed by atoms with Crippen LogP contribution in [0.25, 0.3) is 12.2 Å². The molecule has 0 aliphatic heterocycles. The van der Waals surface area contributed by atoms with Crippen molar-refractivity contribution in [1.29, 1.82) is 0 Å². The molecule has 0 heterocycles. The molecule has 0 radical (unpaired) electrons. The minimum absolute atomic E-state index is 0.0277. The van der Waals surface area contributed by atoms with Gasteiger partial charge < -0.3 is 35.1 Å². The topological polar surface area (TPSA) is 146 Å². The first-order valence-corrected chi connectivity index (χ1v) is 9.91. The molecule has 1 atom stereocenters. The molecule has 0 aliphatic rings. The molecule has 0 aliphatic carbocycles. The van der Waals surface area contributed by atoms with E-state index >= 15 is 0 Å². The Bertz CT molecular complexity index is 966. The van der Waals surface area contributed by atoms with E-state index in [1.54, 1.807) is 44.6 Å². The highest BCUT2D eigenvalue weighted by atomic mass is 16.7. The number of carboxylic acids is 1. The number of amides is 1. The van der Waals surface area contributed by atoms with Gasteiger partial charge in [-0.15, -0.1) is 0 Å². The zero-order chi connectivity index (χ0) is 24.2. The van der Waals surface area contributed by atoms with Crippen LogP contribution in [-0.4, -0.2) is 56.6 Å². The molecule has 2 rings (SSSR count). The Morgan fingerprint density at radius 2 is 1.58 bits per heavy atom. The first-order chi connectivity index (χ1) is 15.8. The van der Waals surface area contributed by atoms with Gasteiger partial charge in [0.15, 0.2) is 0 Å². The van der Waals surface area contributed by atoms with Gasteiger partial charge in [0, 0.05) is 6.07 Å². The summed E-state index contributed by atoms with van der Waals surface area (Å²) in [6.07, 6.45) is 2.35. The van der Waals surface area contributed by atoms with E-state index in [9.17, 15) is 14.4 Å². The average molecular weight is 458 g/mol. The number of nitrogens with two attached hydrogens (primary N) is 1. The summed E-state index contributed by atoms with van der Waals surface area (Å²) in [5, 5.41) is 11.0. The Hall–Kier alpha value is -4.05. The van der Waals surface area contributed by atoms with Gasteiger partial charge in [-0.05, 0) is 35.4 Å². The van der Waals surface area contributed by atoms with Gasteiger partial charge in [-0.3, -0.25) is 9.59 Å². The van der Waals surface area contributed by atoms with Crippen molar-refractivity contribution >= 4 is 30.2 Å². The number of aliphatic carboxylic acids is 1. The molecule has 0 saturated heterocycles. The SMILES string of the molecule is COc1cc(C=Cc2ccc(OC(=O)OCCNC(=O)C(N)CC(=O)O)cc2)cc(OC)c1. The van der Waals surface area contributed by atoms with Gasteiger partial charge in [0.05, 0.1) is 33.2 Å². The van der Waals surface area contributed by atoms with E-state index in [4.69, 9.17) is 29.8 Å². The summed E-state index contributed by atoms with van der Waals surface area (Å²) in [5.74, 6) is -0.185. The van der Waals surface area contributed by atoms with Gasteiger partial charge in [0.2, 0.25) is 5.91 Å². The highest BCUT2D eigenvalue weighted by molar-refractivity contribution is 5.85. The van der Waals surface area contributed by atoms with Crippen LogP contribution in [-0.2, 0) is 14.3 Å². The van der Waals surface area contributed by atoms with Crippen molar-refractivity contribution in [3.8, 4) is 17.2 Å².